The first-order chi connectivity index (χ1) is 18.1. The van der Waals surface area contributed by atoms with Crippen molar-refractivity contribution < 1.29 is 9.53 Å². The van der Waals surface area contributed by atoms with Gasteiger partial charge in [-0.05, 0) is 48.0 Å². The molecule has 0 spiro atoms. The third-order valence-electron chi connectivity index (χ3n) is 6.77. The lowest BCUT2D eigenvalue weighted by Gasteiger charge is -2.36. The summed E-state index contributed by atoms with van der Waals surface area (Å²) in [5.74, 6) is -0.0887. The second-order valence-corrected chi connectivity index (χ2v) is 11.7. The van der Waals surface area contributed by atoms with E-state index in [1.807, 2.05) is 30.3 Å². The van der Waals surface area contributed by atoms with Crippen LogP contribution in [0, 0.1) is 0 Å². The van der Waals surface area contributed by atoms with Crippen molar-refractivity contribution in [1.29, 1.82) is 0 Å². The molecule has 1 N–H and O–H groups in total. The van der Waals surface area contributed by atoms with Crippen molar-refractivity contribution >= 4 is 66.2 Å². The van der Waals surface area contributed by atoms with Crippen molar-refractivity contribution in [3.8, 4) is 0 Å². The summed E-state index contributed by atoms with van der Waals surface area (Å²) in [4.78, 5) is 26.3. The molecule has 7 nitrogen and oxygen atoms in total. The first kappa shape index (κ1) is 24.6. The van der Waals surface area contributed by atoms with E-state index in [0.717, 1.165) is 84.4 Å². The SMILES string of the molecule is O=C(Nc1ccc(CN2CCN(c3ccc(Cl)cc3)CC2)cc1)c1cc2sc(N3CCOCC3)nc2s1. The van der Waals surface area contributed by atoms with Gasteiger partial charge in [0.25, 0.3) is 5.91 Å². The van der Waals surface area contributed by atoms with E-state index in [1.54, 1.807) is 11.3 Å². The minimum absolute atomic E-state index is 0.0887. The molecule has 6 rings (SSSR count). The highest BCUT2D eigenvalue weighted by Crippen LogP contribution is 2.35. The smallest absolute Gasteiger partial charge is 0.265 e. The van der Waals surface area contributed by atoms with Gasteiger partial charge in [-0.3, -0.25) is 9.69 Å². The standard InChI is InChI=1S/C27H28ClN5O2S2/c28-20-3-7-22(8-4-20)32-11-9-31(10-12-32)18-19-1-5-21(6-2-19)29-25(34)23-17-24-26(36-23)30-27(37-24)33-13-15-35-16-14-33/h1-8,17H,9-16,18H2,(H,29,34). The van der Waals surface area contributed by atoms with Crippen LogP contribution in [0.4, 0.5) is 16.5 Å². The van der Waals surface area contributed by atoms with Crippen molar-refractivity contribution in [2.24, 2.45) is 0 Å². The number of nitrogens with one attached hydrogen (secondary N) is 1. The van der Waals surface area contributed by atoms with Gasteiger partial charge in [0.2, 0.25) is 0 Å². The molecule has 0 aliphatic carbocycles. The van der Waals surface area contributed by atoms with Crippen LogP contribution in [0.1, 0.15) is 15.2 Å². The van der Waals surface area contributed by atoms with Crippen molar-refractivity contribution in [1.82, 2.24) is 9.88 Å². The number of fused-ring (bicyclic) bond motifs is 1. The molecule has 37 heavy (non-hydrogen) atoms. The molecule has 2 aromatic carbocycles. The molecule has 2 aliphatic rings. The van der Waals surface area contributed by atoms with Crippen molar-refractivity contribution in [2.75, 3.05) is 67.6 Å². The fraction of sp³-hybridized carbons (Fsp3) is 0.333. The summed E-state index contributed by atoms with van der Waals surface area (Å²) < 4.78 is 6.49. The predicted octanol–water partition coefficient (Wildman–Crippen LogP) is 5.42. The second kappa shape index (κ2) is 11.0. The minimum atomic E-state index is -0.0887. The number of hydrogen-bond acceptors (Lipinski definition) is 8. The average molecular weight is 554 g/mol. The van der Waals surface area contributed by atoms with Gasteiger partial charge in [-0.2, -0.15) is 0 Å². The maximum atomic E-state index is 12.9. The van der Waals surface area contributed by atoms with Crippen LogP contribution >= 0.6 is 34.3 Å². The molecule has 1 amide bonds. The molecule has 2 aromatic heterocycles. The van der Waals surface area contributed by atoms with Crippen LogP contribution in [0.3, 0.4) is 0 Å². The normalized spacial score (nSPS) is 16.9. The molecule has 192 valence electrons. The van der Waals surface area contributed by atoms with Gasteiger partial charge in [0.15, 0.2) is 5.13 Å². The molecule has 0 saturated carbocycles. The Bertz CT molecular complexity index is 1330. The van der Waals surface area contributed by atoms with Crippen LogP contribution in [0.15, 0.2) is 54.6 Å². The summed E-state index contributed by atoms with van der Waals surface area (Å²) >= 11 is 9.11. The lowest BCUT2D eigenvalue weighted by atomic mass is 10.1. The summed E-state index contributed by atoms with van der Waals surface area (Å²) in [6.45, 7) is 8.12. The number of halogens is 1. The minimum Gasteiger partial charge on any atom is -0.378 e. The van der Waals surface area contributed by atoms with E-state index >= 15 is 0 Å². The van der Waals surface area contributed by atoms with Gasteiger partial charge in [0.05, 0.1) is 22.8 Å². The molecular weight excluding hydrogens is 526 g/mol. The van der Waals surface area contributed by atoms with Gasteiger partial charge in [-0.25, -0.2) is 4.98 Å². The number of anilines is 3. The summed E-state index contributed by atoms with van der Waals surface area (Å²) in [6, 6.07) is 18.2. The van der Waals surface area contributed by atoms with E-state index in [-0.39, 0.29) is 5.91 Å². The van der Waals surface area contributed by atoms with Crippen molar-refractivity contribution in [2.45, 2.75) is 6.54 Å². The largest absolute Gasteiger partial charge is 0.378 e. The number of rotatable bonds is 6. The Balaban J connectivity index is 1.01. The molecule has 10 heteroatoms. The molecule has 2 aliphatic heterocycles. The van der Waals surface area contributed by atoms with Crippen LogP contribution in [-0.2, 0) is 11.3 Å². The lowest BCUT2D eigenvalue weighted by Crippen LogP contribution is -2.45. The third-order valence-corrected chi connectivity index (χ3v) is 9.24. The first-order valence-corrected chi connectivity index (χ1v) is 14.5. The van der Waals surface area contributed by atoms with Crippen LogP contribution in [0.2, 0.25) is 5.02 Å². The summed E-state index contributed by atoms with van der Waals surface area (Å²) in [6.07, 6.45) is 0. The fourth-order valence-electron chi connectivity index (χ4n) is 4.69. The average Bonchev–Trinajstić information content (AvgIpc) is 3.51. The highest BCUT2D eigenvalue weighted by Gasteiger charge is 2.20. The van der Waals surface area contributed by atoms with Gasteiger partial charge in [0.1, 0.15) is 4.83 Å². The highest BCUT2D eigenvalue weighted by atomic mass is 35.5. The highest BCUT2D eigenvalue weighted by molar-refractivity contribution is 7.29. The van der Waals surface area contributed by atoms with Crippen molar-refractivity contribution in [3.63, 3.8) is 0 Å². The summed E-state index contributed by atoms with van der Waals surface area (Å²) in [5, 5.41) is 4.82. The Morgan fingerprint density at radius 3 is 2.35 bits per heavy atom. The van der Waals surface area contributed by atoms with Gasteiger partial charge >= 0.3 is 0 Å². The number of aromatic nitrogens is 1. The Hall–Kier alpha value is -2.69. The molecule has 4 aromatic rings. The maximum Gasteiger partial charge on any atom is 0.265 e. The van der Waals surface area contributed by atoms with Crippen LogP contribution in [0.5, 0.6) is 0 Å². The number of benzene rings is 2. The Morgan fingerprint density at radius 2 is 1.65 bits per heavy atom. The number of ether oxygens (including phenoxy) is 1. The number of thiazole rings is 1. The Labute approximate surface area is 229 Å². The van der Waals surface area contributed by atoms with Gasteiger partial charge in [-0.1, -0.05) is 35.1 Å². The lowest BCUT2D eigenvalue weighted by molar-refractivity contribution is 0.103. The molecule has 2 saturated heterocycles. The number of morpholine rings is 1. The fourth-order valence-corrected chi connectivity index (χ4v) is 6.97. The van der Waals surface area contributed by atoms with Gasteiger partial charge in [0, 0.05) is 62.2 Å². The molecule has 0 unspecified atom stereocenters. The van der Waals surface area contributed by atoms with Crippen LogP contribution in [0.25, 0.3) is 9.53 Å². The van der Waals surface area contributed by atoms with E-state index in [1.165, 1.54) is 22.6 Å². The van der Waals surface area contributed by atoms with Crippen LogP contribution in [-0.4, -0.2) is 68.3 Å². The predicted molar refractivity (Wildman–Crippen MR) is 154 cm³/mol. The number of carbonyl (C=O) groups excluding carboxylic acids is 1. The topological polar surface area (TPSA) is 60.9 Å². The molecule has 0 bridgehead atoms. The molecule has 4 heterocycles. The van der Waals surface area contributed by atoms with E-state index in [4.69, 9.17) is 21.3 Å². The first-order valence-electron chi connectivity index (χ1n) is 12.5. The van der Waals surface area contributed by atoms with E-state index in [0.29, 0.717) is 4.88 Å². The van der Waals surface area contributed by atoms with Gasteiger partial charge < -0.3 is 19.9 Å². The molecule has 0 atom stereocenters. The monoisotopic (exact) mass is 553 g/mol. The summed E-state index contributed by atoms with van der Waals surface area (Å²) in [7, 11) is 0. The molecule has 2 fully saturated rings. The third kappa shape index (κ3) is 5.76. The summed E-state index contributed by atoms with van der Waals surface area (Å²) in [5.41, 5.74) is 3.28. The quantitative estimate of drug-likeness (QED) is 0.344. The number of piperazine rings is 1. The Kier molecular flexibility index (Phi) is 7.30. The molecule has 0 radical (unpaired) electrons. The number of nitrogens with zero attached hydrogens (tertiary/aromatic N) is 4. The van der Waals surface area contributed by atoms with Crippen molar-refractivity contribution in [3.05, 3.63) is 70.1 Å². The number of hydrogen-bond donors (Lipinski definition) is 1. The van der Waals surface area contributed by atoms with Crippen LogP contribution < -0.4 is 15.1 Å². The number of amides is 1. The van der Waals surface area contributed by atoms with E-state index in [9.17, 15) is 4.79 Å². The van der Waals surface area contributed by atoms with Gasteiger partial charge in [-0.15, -0.1) is 11.3 Å². The zero-order valence-electron chi connectivity index (χ0n) is 20.4. The maximum absolute atomic E-state index is 12.9. The van der Waals surface area contributed by atoms with E-state index < -0.39 is 0 Å². The zero-order valence-corrected chi connectivity index (χ0v) is 22.7. The zero-order chi connectivity index (χ0) is 25.2. The van der Waals surface area contributed by atoms with E-state index in [2.05, 4.69) is 44.3 Å². The Morgan fingerprint density at radius 1 is 0.919 bits per heavy atom. The number of carbonyl (C=O) groups is 1. The molecular formula is C27H28ClN5O2S2. The number of thiophene rings is 1. The second-order valence-electron chi connectivity index (χ2n) is 9.27.